The number of hydrogen-bond donors (Lipinski definition) is 2. The van der Waals surface area contributed by atoms with Crippen LogP contribution in [0.3, 0.4) is 0 Å². The number of anilines is 1. The Bertz CT molecular complexity index is 1540. The minimum atomic E-state index is -1.14. The Hall–Kier alpha value is -2.63. The number of nitrogens with one attached hydrogen (secondary N) is 1. The quantitative estimate of drug-likeness (QED) is 0.210. The van der Waals surface area contributed by atoms with Gasteiger partial charge in [0, 0.05) is 17.5 Å². The molecule has 0 radical (unpaired) electrons. The Morgan fingerprint density at radius 2 is 1.64 bits per heavy atom. The molecule has 5 aliphatic rings. The van der Waals surface area contributed by atoms with Gasteiger partial charge in [-0.3, -0.25) is 14.4 Å². The smallest absolute Gasteiger partial charge is 0.309 e. The monoisotopic (exact) mass is 687 g/mol. The van der Waals surface area contributed by atoms with Crippen LogP contribution in [0.25, 0.3) is 0 Å². The second-order valence-corrected chi connectivity index (χ2v) is 19.8. The van der Waals surface area contributed by atoms with E-state index in [0.717, 1.165) is 49.8 Å². The molecule has 0 saturated heterocycles. The molecule has 5 saturated carbocycles. The van der Waals surface area contributed by atoms with E-state index in [0.29, 0.717) is 36.0 Å². The van der Waals surface area contributed by atoms with Crippen LogP contribution in [-0.2, 0) is 19.1 Å². The third kappa shape index (κ3) is 5.77. The maximum absolute atomic E-state index is 13.8. The van der Waals surface area contributed by atoms with Gasteiger partial charge in [0.2, 0.25) is 5.91 Å². The number of carbonyl (C=O) groups excluding carboxylic acids is 2. The van der Waals surface area contributed by atoms with E-state index >= 15 is 0 Å². The zero-order valence-corrected chi connectivity index (χ0v) is 32.5. The molecular weight excluding hydrogens is 622 g/mol. The molecule has 0 heterocycles. The van der Waals surface area contributed by atoms with Crippen molar-refractivity contribution in [1.82, 2.24) is 0 Å². The highest BCUT2D eigenvalue weighted by Gasteiger charge is 2.71. The summed E-state index contributed by atoms with van der Waals surface area (Å²) in [7, 11) is 0. The summed E-state index contributed by atoms with van der Waals surface area (Å²) in [5, 5.41) is 12.9. The average Bonchev–Trinajstić information content (AvgIpc) is 3.38. The number of esters is 1. The van der Waals surface area contributed by atoms with Crippen molar-refractivity contribution in [1.29, 1.82) is 0 Å². The lowest BCUT2D eigenvalue weighted by Crippen LogP contribution is -2.66. The van der Waals surface area contributed by atoms with Crippen LogP contribution >= 0.6 is 0 Å². The number of fused-ring (bicyclic) bond motifs is 7. The van der Waals surface area contributed by atoms with Crippen LogP contribution in [0.15, 0.2) is 36.4 Å². The Morgan fingerprint density at radius 3 is 2.30 bits per heavy atom. The second kappa shape index (κ2) is 12.5. The highest BCUT2D eigenvalue weighted by Crippen LogP contribution is 2.78. The SMILES string of the molecule is C=C(C)[C@@H]1CC[C@]2(CC(=O)Nc3cccc(C)c3)CC[C@]3(C)[C@H](CC[C@@H]4[C@@]5(C)CC[C@H](OC(=O)CC(C)(C)C(=O)O)C(C)(C)[C@@H]5CC[C@]43C)[C@@H]12. The van der Waals surface area contributed by atoms with Crippen LogP contribution in [0.2, 0.25) is 0 Å². The molecule has 6 heteroatoms. The lowest BCUT2D eigenvalue weighted by atomic mass is 9.32. The molecule has 5 fully saturated rings. The molecular formula is C44H65NO5. The van der Waals surface area contributed by atoms with Gasteiger partial charge in [0.05, 0.1) is 11.8 Å². The summed E-state index contributed by atoms with van der Waals surface area (Å²) >= 11 is 0. The Balaban J connectivity index is 1.25. The highest BCUT2D eigenvalue weighted by atomic mass is 16.5. The van der Waals surface area contributed by atoms with Crippen molar-refractivity contribution in [3.63, 3.8) is 0 Å². The number of carboxylic acids is 1. The van der Waals surface area contributed by atoms with Gasteiger partial charge in [-0.2, -0.15) is 0 Å². The van der Waals surface area contributed by atoms with E-state index < -0.39 is 17.4 Å². The van der Waals surface area contributed by atoms with E-state index in [4.69, 9.17) is 4.74 Å². The highest BCUT2D eigenvalue weighted by molar-refractivity contribution is 5.91. The third-order valence-corrected chi connectivity index (χ3v) is 16.4. The molecule has 0 spiro atoms. The first-order valence-corrected chi connectivity index (χ1v) is 19.7. The van der Waals surface area contributed by atoms with Crippen molar-refractivity contribution in [3.8, 4) is 0 Å². The average molecular weight is 688 g/mol. The van der Waals surface area contributed by atoms with Gasteiger partial charge < -0.3 is 15.2 Å². The number of carbonyl (C=O) groups is 3. The molecule has 10 atom stereocenters. The maximum atomic E-state index is 13.8. The first-order chi connectivity index (χ1) is 23.2. The molecule has 0 bridgehead atoms. The summed E-state index contributed by atoms with van der Waals surface area (Å²) in [5.74, 6) is 1.31. The molecule has 1 aromatic carbocycles. The molecule has 2 N–H and O–H groups in total. The fourth-order valence-electron chi connectivity index (χ4n) is 13.7. The summed E-state index contributed by atoms with van der Waals surface area (Å²) in [6.45, 7) is 24.5. The number of aryl methyl sites for hydroxylation is 1. The first kappa shape index (κ1) is 37.1. The summed E-state index contributed by atoms with van der Waals surface area (Å²) in [6.07, 6.45) is 11.4. The van der Waals surface area contributed by atoms with Crippen LogP contribution in [0.5, 0.6) is 0 Å². The van der Waals surface area contributed by atoms with Crippen molar-refractivity contribution in [2.24, 2.45) is 62.1 Å². The number of carboxylic acid groups (broad SMARTS) is 1. The van der Waals surface area contributed by atoms with Crippen molar-refractivity contribution in [3.05, 3.63) is 42.0 Å². The summed E-state index contributed by atoms with van der Waals surface area (Å²) in [6, 6.07) is 8.15. The van der Waals surface area contributed by atoms with Crippen molar-refractivity contribution in [2.45, 2.75) is 145 Å². The number of amides is 1. The normalized spacial score (nSPS) is 40.3. The number of aliphatic carboxylic acids is 1. The Labute approximate surface area is 302 Å². The minimum Gasteiger partial charge on any atom is -0.481 e. The minimum absolute atomic E-state index is 0.0190. The van der Waals surface area contributed by atoms with Crippen LogP contribution in [0.4, 0.5) is 5.69 Å². The summed E-state index contributed by atoms with van der Waals surface area (Å²) in [4.78, 5) is 38.6. The number of ether oxygens (including phenoxy) is 1. The molecule has 50 heavy (non-hydrogen) atoms. The van der Waals surface area contributed by atoms with Gasteiger partial charge in [0.15, 0.2) is 0 Å². The van der Waals surface area contributed by atoms with E-state index in [1.165, 1.54) is 31.3 Å². The fraction of sp³-hybridized carbons (Fsp3) is 0.750. The van der Waals surface area contributed by atoms with E-state index in [9.17, 15) is 19.5 Å². The maximum Gasteiger partial charge on any atom is 0.309 e. The lowest BCUT2D eigenvalue weighted by molar-refractivity contribution is -0.250. The predicted molar refractivity (Wildman–Crippen MR) is 199 cm³/mol. The van der Waals surface area contributed by atoms with Gasteiger partial charge in [-0.25, -0.2) is 0 Å². The molecule has 5 aliphatic carbocycles. The summed E-state index contributed by atoms with van der Waals surface area (Å²) < 4.78 is 6.18. The van der Waals surface area contributed by atoms with E-state index in [1.54, 1.807) is 13.8 Å². The van der Waals surface area contributed by atoms with Crippen molar-refractivity contribution < 1.29 is 24.2 Å². The van der Waals surface area contributed by atoms with Crippen LogP contribution in [-0.4, -0.2) is 29.1 Å². The number of hydrogen-bond acceptors (Lipinski definition) is 4. The molecule has 1 aromatic rings. The fourth-order valence-corrected chi connectivity index (χ4v) is 13.7. The first-order valence-electron chi connectivity index (χ1n) is 19.7. The van der Waals surface area contributed by atoms with E-state index in [-0.39, 0.29) is 45.5 Å². The Morgan fingerprint density at radius 1 is 0.920 bits per heavy atom. The van der Waals surface area contributed by atoms with Gasteiger partial charge >= 0.3 is 11.9 Å². The molecule has 276 valence electrons. The van der Waals surface area contributed by atoms with Gasteiger partial charge in [0.1, 0.15) is 6.10 Å². The standard InChI is InChI=1S/C44H65NO5/c1-27(2)30-16-21-44(25-35(46)45-29-13-11-12-28(3)24-29)23-22-42(9)31(37(30)44)14-15-33-41(8)19-18-34(50-36(47)26-39(4,5)38(48)49)40(6,7)32(41)17-20-43(33,42)10/h11-13,24,30-34,37H,1,14-23,25-26H2,2-10H3,(H,45,46)(H,48,49)/t30-,31+,32-,33+,34-,37+,41-,42+,43+,44+/m0/s1. The molecule has 0 unspecified atom stereocenters. The zero-order valence-electron chi connectivity index (χ0n) is 32.5. The van der Waals surface area contributed by atoms with Crippen molar-refractivity contribution >= 4 is 23.5 Å². The van der Waals surface area contributed by atoms with Gasteiger partial charge in [0.25, 0.3) is 0 Å². The van der Waals surface area contributed by atoms with Crippen LogP contribution in [0, 0.1) is 69.0 Å². The van der Waals surface area contributed by atoms with Gasteiger partial charge in [-0.15, -0.1) is 0 Å². The van der Waals surface area contributed by atoms with Crippen LogP contribution in [0.1, 0.15) is 138 Å². The topological polar surface area (TPSA) is 92.7 Å². The lowest BCUT2D eigenvalue weighted by Gasteiger charge is -2.73. The molecule has 6 rings (SSSR count). The molecule has 0 aromatic heterocycles. The largest absolute Gasteiger partial charge is 0.481 e. The molecule has 6 nitrogen and oxygen atoms in total. The zero-order chi connectivity index (χ0) is 36.7. The Kier molecular flexibility index (Phi) is 9.29. The number of rotatable bonds is 8. The summed E-state index contributed by atoms with van der Waals surface area (Å²) in [5.41, 5.74) is 2.53. The molecule has 0 aliphatic heterocycles. The number of benzene rings is 1. The van der Waals surface area contributed by atoms with Crippen LogP contribution < -0.4 is 5.32 Å². The van der Waals surface area contributed by atoms with Gasteiger partial charge in [-0.05, 0) is 161 Å². The number of allylic oxidation sites excluding steroid dienone is 1. The third-order valence-electron chi connectivity index (χ3n) is 16.4. The van der Waals surface area contributed by atoms with Crippen molar-refractivity contribution in [2.75, 3.05) is 5.32 Å². The predicted octanol–water partition coefficient (Wildman–Crippen LogP) is 10.4. The van der Waals surface area contributed by atoms with E-state index in [2.05, 4.69) is 72.5 Å². The molecule has 1 amide bonds. The second-order valence-electron chi connectivity index (χ2n) is 19.8. The van der Waals surface area contributed by atoms with E-state index in [1.807, 2.05) is 12.1 Å². The van der Waals surface area contributed by atoms with Gasteiger partial charge in [-0.1, -0.05) is 58.9 Å².